The molecule has 0 amide bonds. The van der Waals surface area contributed by atoms with Gasteiger partial charge < -0.3 is 14.8 Å². The minimum atomic E-state index is -0.346. The SMILES string of the molecule is COc1cccc(CNC23CC4CC(CC(C4)C2)C3)c1OCc1ccc(F)cc1Cl. The third-order valence-electron chi connectivity index (χ3n) is 7.36. The normalized spacial score (nSPS) is 29.2. The summed E-state index contributed by atoms with van der Waals surface area (Å²) in [7, 11) is 1.66. The summed E-state index contributed by atoms with van der Waals surface area (Å²) >= 11 is 6.18. The summed E-state index contributed by atoms with van der Waals surface area (Å²) in [6.07, 6.45) is 8.24. The summed E-state index contributed by atoms with van der Waals surface area (Å²) in [6.45, 7) is 1.03. The number of ether oxygens (including phenoxy) is 2. The highest BCUT2D eigenvalue weighted by molar-refractivity contribution is 6.31. The second-order valence-corrected chi connectivity index (χ2v) is 9.93. The van der Waals surface area contributed by atoms with Crippen LogP contribution in [-0.2, 0) is 13.2 Å². The zero-order chi connectivity index (χ0) is 20.7. The van der Waals surface area contributed by atoms with Crippen molar-refractivity contribution in [2.45, 2.75) is 57.2 Å². The van der Waals surface area contributed by atoms with Gasteiger partial charge in [0.05, 0.1) is 12.1 Å². The number of nitrogens with one attached hydrogen (secondary N) is 1. The predicted octanol–water partition coefficient (Wildman–Crippen LogP) is 6.13. The highest BCUT2D eigenvalue weighted by atomic mass is 35.5. The van der Waals surface area contributed by atoms with Gasteiger partial charge in [0.1, 0.15) is 12.4 Å². The van der Waals surface area contributed by atoms with Crippen molar-refractivity contribution < 1.29 is 13.9 Å². The van der Waals surface area contributed by atoms with E-state index < -0.39 is 0 Å². The van der Waals surface area contributed by atoms with Crippen molar-refractivity contribution in [3.63, 3.8) is 0 Å². The van der Waals surface area contributed by atoms with Crippen molar-refractivity contribution in [1.82, 2.24) is 5.32 Å². The Kier molecular flexibility index (Phi) is 5.40. The van der Waals surface area contributed by atoms with Gasteiger partial charge in [0, 0.05) is 23.2 Å². The standard InChI is InChI=1S/C25H29ClFNO2/c1-29-23-4-2-3-19(24(23)30-15-20-5-6-21(27)10-22(20)26)14-28-25-11-16-7-17(12-25)9-18(8-16)13-25/h2-6,10,16-18,28H,7-9,11-15H2,1H3. The first-order valence-electron chi connectivity index (χ1n) is 11.0. The second kappa shape index (κ2) is 8.05. The molecule has 4 bridgehead atoms. The molecule has 0 heterocycles. The third kappa shape index (κ3) is 3.92. The minimum absolute atomic E-state index is 0.268. The smallest absolute Gasteiger partial charge is 0.166 e. The van der Waals surface area contributed by atoms with Crippen molar-refractivity contribution >= 4 is 11.6 Å². The van der Waals surface area contributed by atoms with Crippen LogP contribution in [0.5, 0.6) is 11.5 Å². The molecule has 3 nitrogen and oxygen atoms in total. The first-order valence-corrected chi connectivity index (χ1v) is 11.4. The van der Waals surface area contributed by atoms with Crippen LogP contribution in [0, 0.1) is 23.6 Å². The van der Waals surface area contributed by atoms with E-state index in [9.17, 15) is 4.39 Å². The van der Waals surface area contributed by atoms with Gasteiger partial charge in [-0.2, -0.15) is 0 Å². The second-order valence-electron chi connectivity index (χ2n) is 9.52. The summed E-state index contributed by atoms with van der Waals surface area (Å²) in [5, 5.41) is 4.31. The van der Waals surface area contributed by atoms with Crippen LogP contribution in [0.3, 0.4) is 0 Å². The Balaban J connectivity index is 1.33. The lowest BCUT2D eigenvalue weighted by molar-refractivity contribution is -0.0206. The first-order chi connectivity index (χ1) is 14.5. The molecular weight excluding hydrogens is 401 g/mol. The molecule has 0 atom stereocenters. The molecule has 0 aromatic heterocycles. The average molecular weight is 430 g/mol. The van der Waals surface area contributed by atoms with Crippen LogP contribution in [-0.4, -0.2) is 12.6 Å². The van der Waals surface area contributed by atoms with Crippen molar-refractivity contribution in [2.24, 2.45) is 17.8 Å². The van der Waals surface area contributed by atoms with E-state index in [4.69, 9.17) is 21.1 Å². The molecule has 4 saturated carbocycles. The van der Waals surface area contributed by atoms with E-state index in [1.165, 1.54) is 50.7 Å². The van der Waals surface area contributed by atoms with E-state index in [1.54, 1.807) is 13.2 Å². The Morgan fingerprint density at radius 3 is 2.37 bits per heavy atom. The van der Waals surface area contributed by atoms with Crippen molar-refractivity contribution in [1.29, 1.82) is 0 Å². The summed E-state index contributed by atoms with van der Waals surface area (Å²) < 4.78 is 25.1. The minimum Gasteiger partial charge on any atom is -0.493 e. The zero-order valence-corrected chi connectivity index (χ0v) is 18.2. The molecular formula is C25H29ClFNO2. The molecule has 6 rings (SSSR count). The molecule has 0 aliphatic heterocycles. The number of hydrogen-bond acceptors (Lipinski definition) is 3. The molecule has 2 aromatic carbocycles. The Morgan fingerprint density at radius 2 is 1.73 bits per heavy atom. The van der Waals surface area contributed by atoms with Crippen LogP contribution in [0.4, 0.5) is 4.39 Å². The van der Waals surface area contributed by atoms with Crippen LogP contribution in [0.2, 0.25) is 5.02 Å². The Morgan fingerprint density at radius 1 is 1.03 bits per heavy atom. The fourth-order valence-corrected chi connectivity index (χ4v) is 6.65. The molecule has 1 N–H and O–H groups in total. The van der Waals surface area contributed by atoms with Crippen LogP contribution in [0.1, 0.15) is 49.7 Å². The van der Waals surface area contributed by atoms with Crippen molar-refractivity contribution in [3.8, 4) is 11.5 Å². The van der Waals surface area contributed by atoms with Gasteiger partial charge in [-0.25, -0.2) is 4.39 Å². The van der Waals surface area contributed by atoms with Crippen LogP contribution < -0.4 is 14.8 Å². The van der Waals surface area contributed by atoms with E-state index >= 15 is 0 Å². The van der Waals surface area contributed by atoms with Gasteiger partial charge in [0.25, 0.3) is 0 Å². The van der Waals surface area contributed by atoms with E-state index in [0.717, 1.165) is 41.2 Å². The van der Waals surface area contributed by atoms with E-state index in [1.807, 2.05) is 12.1 Å². The number of methoxy groups -OCH3 is 1. The van der Waals surface area contributed by atoms with Crippen LogP contribution >= 0.6 is 11.6 Å². The zero-order valence-electron chi connectivity index (χ0n) is 17.4. The van der Waals surface area contributed by atoms with Crippen molar-refractivity contribution in [3.05, 3.63) is 58.4 Å². The van der Waals surface area contributed by atoms with Gasteiger partial charge in [-0.3, -0.25) is 0 Å². The number of benzene rings is 2. The lowest BCUT2D eigenvalue weighted by Crippen LogP contribution is -2.58. The molecule has 0 saturated heterocycles. The number of para-hydroxylation sites is 1. The van der Waals surface area contributed by atoms with Gasteiger partial charge in [0.2, 0.25) is 0 Å². The summed E-state index contributed by atoms with van der Waals surface area (Å²) in [5.74, 6) is 3.82. The molecule has 0 spiro atoms. The largest absolute Gasteiger partial charge is 0.493 e. The van der Waals surface area contributed by atoms with E-state index in [0.29, 0.717) is 10.8 Å². The summed E-state index contributed by atoms with van der Waals surface area (Å²) in [6, 6.07) is 10.4. The maximum Gasteiger partial charge on any atom is 0.166 e. The molecule has 0 radical (unpaired) electrons. The highest BCUT2D eigenvalue weighted by Crippen LogP contribution is 2.55. The topological polar surface area (TPSA) is 30.5 Å². The predicted molar refractivity (Wildman–Crippen MR) is 116 cm³/mol. The molecule has 160 valence electrons. The molecule has 0 unspecified atom stereocenters. The summed E-state index contributed by atoms with van der Waals surface area (Å²) in [5.41, 5.74) is 2.13. The van der Waals surface area contributed by atoms with E-state index in [-0.39, 0.29) is 18.0 Å². The average Bonchev–Trinajstić information content (AvgIpc) is 2.71. The fourth-order valence-electron chi connectivity index (χ4n) is 6.42. The lowest BCUT2D eigenvalue weighted by Gasteiger charge is -2.57. The molecule has 30 heavy (non-hydrogen) atoms. The van der Waals surface area contributed by atoms with Gasteiger partial charge in [0.15, 0.2) is 11.5 Å². The Hall–Kier alpha value is -1.78. The van der Waals surface area contributed by atoms with Crippen LogP contribution in [0.15, 0.2) is 36.4 Å². The lowest BCUT2D eigenvalue weighted by atomic mass is 9.53. The third-order valence-corrected chi connectivity index (χ3v) is 7.71. The molecule has 2 aromatic rings. The fraction of sp³-hybridized carbons (Fsp3) is 0.520. The first kappa shape index (κ1) is 20.1. The van der Waals surface area contributed by atoms with Gasteiger partial charge in [-0.05, 0) is 74.5 Å². The number of hydrogen-bond donors (Lipinski definition) is 1. The van der Waals surface area contributed by atoms with Crippen LogP contribution in [0.25, 0.3) is 0 Å². The van der Waals surface area contributed by atoms with E-state index in [2.05, 4.69) is 11.4 Å². The maximum atomic E-state index is 13.3. The molecule has 4 fully saturated rings. The monoisotopic (exact) mass is 429 g/mol. The van der Waals surface area contributed by atoms with Gasteiger partial charge in [-0.1, -0.05) is 29.8 Å². The molecule has 4 aliphatic rings. The molecule has 4 aliphatic carbocycles. The number of rotatable bonds is 7. The molecule has 5 heteroatoms. The quantitative estimate of drug-likeness (QED) is 0.574. The highest BCUT2D eigenvalue weighted by Gasteiger charge is 2.50. The summed E-state index contributed by atoms with van der Waals surface area (Å²) in [4.78, 5) is 0. The Bertz CT molecular complexity index is 896. The van der Waals surface area contributed by atoms with Gasteiger partial charge >= 0.3 is 0 Å². The Labute approximate surface area is 182 Å². The van der Waals surface area contributed by atoms with Crippen molar-refractivity contribution in [2.75, 3.05) is 7.11 Å². The maximum absolute atomic E-state index is 13.3. The number of halogens is 2. The van der Waals surface area contributed by atoms with Gasteiger partial charge in [-0.15, -0.1) is 0 Å².